The molecule has 0 radical (unpaired) electrons. The van der Waals surface area contributed by atoms with Crippen LogP contribution in [-0.2, 0) is 0 Å². The fourth-order valence-electron chi connectivity index (χ4n) is 2.21. The monoisotopic (exact) mass is 378 g/mol. The first kappa shape index (κ1) is 19.2. The van der Waals surface area contributed by atoms with Crippen LogP contribution >= 0.6 is 22.9 Å². The smallest absolute Gasteiger partial charge is 0.187 e. The lowest BCUT2D eigenvalue weighted by Gasteiger charge is -2.15. The number of carbonyl (C=O) groups is 1. The van der Waals surface area contributed by atoms with Crippen LogP contribution in [0, 0.1) is 18.3 Å². The lowest BCUT2D eigenvalue weighted by atomic mass is 9.99. The van der Waals surface area contributed by atoms with Gasteiger partial charge in [0.05, 0.1) is 24.3 Å². The van der Waals surface area contributed by atoms with Gasteiger partial charge in [-0.05, 0) is 32.4 Å². The number of thiazole rings is 1. The number of hydrogen-bond donors (Lipinski definition) is 0. The minimum atomic E-state index is -0.966. The molecule has 1 aromatic heterocycles. The average Bonchev–Trinajstić information content (AvgIpc) is 3.01. The molecule has 0 amide bonds. The predicted octanol–water partition coefficient (Wildman–Crippen LogP) is 4.78. The number of hydrogen-bond acceptors (Lipinski definition) is 6. The first-order valence-corrected chi connectivity index (χ1v) is 9.22. The molecule has 0 aliphatic carbocycles. The summed E-state index contributed by atoms with van der Waals surface area (Å²) < 4.78 is 11.2. The van der Waals surface area contributed by atoms with Gasteiger partial charge >= 0.3 is 0 Å². The Morgan fingerprint density at radius 2 is 2.16 bits per heavy atom. The van der Waals surface area contributed by atoms with Crippen LogP contribution in [0.4, 0.5) is 0 Å². The normalized spacial score (nSPS) is 11.6. The van der Waals surface area contributed by atoms with E-state index in [4.69, 9.17) is 21.1 Å². The molecule has 2 rings (SSSR count). The summed E-state index contributed by atoms with van der Waals surface area (Å²) in [7, 11) is 0. The highest BCUT2D eigenvalue weighted by Crippen LogP contribution is 2.38. The molecule has 0 aliphatic heterocycles. The van der Waals surface area contributed by atoms with E-state index in [1.807, 2.05) is 32.2 Å². The van der Waals surface area contributed by atoms with Gasteiger partial charge in [0.15, 0.2) is 23.2 Å². The van der Waals surface area contributed by atoms with Crippen molar-refractivity contribution in [1.82, 2.24) is 4.98 Å². The molecule has 0 saturated heterocycles. The molecule has 25 heavy (non-hydrogen) atoms. The number of nitriles is 1. The Kier molecular flexibility index (Phi) is 6.80. The zero-order chi connectivity index (χ0) is 18.4. The topological polar surface area (TPSA) is 72.2 Å². The molecule has 0 N–H and O–H groups in total. The van der Waals surface area contributed by atoms with E-state index >= 15 is 0 Å². The predicted molar refractivity (Wildman–Crippen MR) is 97.9 cm³/mol. The van der Waals surface area contributed by atoms with Gasteiger partial charge in [-0.1, -0.05) is 18.5 Å². The molecule has 1 aromatic carbocycles. The third-order valence-electron chi connectivity index (χ3n) is 3.32. The van der Waals surface area contributed by atoms with Crippen LogP contribution in [-0.4, -0.2) is 24.0 Å². The van der Waals surface area contributed by atoms with Crippen molar-refractivity contribution in [1.29, 1.82) is 5.26 Å². The zero-order valence-corrected chi connectivity index (χ0v) is 15.9. The summed E-state index contributed by atoms with van der Waals surface area (Å²) in [5, 5.41) is 12.0. The van der Waals surface area contributed by atoms with E-state index in [9.17, 15) is 10.1 Å². The SMILES string of the molecule is CCCOc1c(Cl)cc(C(=O)[C@H](C#N)c2nc(C)cs2)cc1OCC. The second kappa shape index (κ2) is 8.84. The summed E-state index contributed by atoms with van der Waals surface area (Å²) in [5.74, 6) is -0.507. The van der Waals surface area contributed by atoms with Crippen molar-refractivity contribution >= 4 is 28.7 Å². The first-order valence-electron chi connectivity index (χ1n) is 7.96. The number of rotatable bonds is 8. The Morgan fingerprint density at radius 1 is 1.40 bits per heavy atom. The highest BCUT2D eigenvalue weighted by atomic mass is 35.5. The molecule has 0 aliphatic rings. The molecule has 132 valence electrons. The van der Waals surface area contributed by atoms with E-state index in [-0.39, 0.29) is 10.8 Å². The van der Waals surface area contributed by atoms with Crippen LogP contribution in [0.25, 0.3) is 0 Å². The fraction of sp³-hybridized carbons (Fsp3) is 0.389. The third-order valence-corrected chi connectivity index (χ3v) is 4.63. The highest BCUT2D eigenvalue weighted by Gasteiger charge is 2.26. The highest BCUT2D eigenvalue weighted by molar-refractivity contribution is 7.10. The molecule has 1 heterocycles. The summed E-state index contributed by atoms with van der Waals surface area (Å²) in [6.07, 6.45) is 0.822. The van der Waals surface area contributed by atoms with E-state index in [0.717, 1.165) is 12.1 Å². The molecular formula is C18H19ClN2O3S. The first-order chi connectivity index (χ1) is 12.0. The minimum Gasteiger partial charge on any atom is -0.490 e. The molecule has 7 heteroatoms. The van der Waals surface area contributed by atoms with Crippen molar-refractivity contribution in [3.05, 3.63) is 38.8 Å². The summed E-state index contributed by atoms with van der Waals surface area (Å²) >= 11 is 7.59. The number of ketones is 1. The van der Waals surface area contributed by atoms with Gasteiger partial charge in [0.25, 0.3) is 0 Å². The number of aromatic nitrogens is 1. The van der Waals surface area contributed by atoms with E-state index < -0.39 is 5.92 Å². The van der Waals surface area contributed by atoms with Gasteiger partial charge in [0, 0.05) is 16.6 Å². The van der Waals surface area contributed by atoms with E-state index in [2.05, 4.69) is 4.98 Å². The van der Waals surface area contributed by atoms with Crippen LogP contribution in [0.3, 0.4) is 0 Å². The Labute approximate surface area is 156 Å². The van der Waals surface area contributed by atoms with Gasteiger partial charge in [-0.2, -0.15) is 5.26 Å². The number of Topliss-reactive ketones (excluding diaryl/α,β-unsaturated/α-hetero) is 1. The van der Waals surface area contributed by atoms with Crippen LogP contribution in [0.5, 0.6) is 11.5 Å². The Hall–Kier alpha value is -2.10. The summed E-state index contributed by atoms with van der Waals surface area (Å²) in [6.45, 7) is 6.54. The average molecular weight is 379 g/mol. The third kappa shape index (κ3) is 4.50. The van der Waals surface area contributed by atoms with Crippen molar-refractivity contribution in [2.24, 2.45) is 0 Å². The second-order valence-electron chi connectivity index (χ2n) is 5.32. The fourth-order valence-corrected chi connectivity index (χ4v) is 3.32. The van der Waals surface area contributed by atoms with Gasteiger partial charge in [-0.3, -0.25) is 4.79 Å². The van der Waals surface area contributed by atoms with Crippen molar-refractivity contribution in [3.8, 4) is 17.6 Å². The van der Waals surface area contributed by atoms with Gasteiger partial charge in [0.2, 0.25) is 0 Å². The molecule has 0 saturated carbocycles. The van der Waals surface area contributed by atoms with E-state index in [1.54, 1.807) is 6.07 Å². The molecule has 0 spiro atoms. The minimum absolute atomic E-state index is 0.287. The van der Waals surface area contributed by atoms with Crippen molar-refractivity contribution < 1.29 is 14.3 Å². The Bertz CT molecular complexity index is 798. The molecule has 0 fully saturated rings. The van der Waals surface area contributed by atoms with Gasteiger partial charge < -0.3 is 9.47 Å². The maximum atomic E-state index is 12.8. The quantitative estimate of drug-likeness (QED) is 0.618. The molecule has 1 atom stereocenters. The molecule has 0 bridgehead atoms. The molecule has 5 nitrogen and oxygen atoms in total. The number of ether oxygens (including phenoxy) is 2. The number of benzene rings is 1. The van der Waals surface area contributed by atoms with E-state index in [1.165, 1.54) is 17.4 Å². The zero-order valence-electron chi connectivity index (χ0n) is 14.3. The summed E-state index contributed by atoms with van der Waals surface area (Å²) in [4.78, 5) is 17.1. The van der Waals surface area contributed by atoms with Gasteiger partial charge in [0.1, 0.15) is 5.01 Å². The van der Waals surface area contributed by atoms with Crippen molar-refractivity contribution in [2.45, 2.75) is 33.1 Å². The number of nitrogens with zero attached hydrogens (tertiary/aromatic N) is 2. The van der Waals surface area contributed by atoms with E-state index in [0.29, 0.717) is 35.3 Å². The van der Waals surface area contributed by atoms with Crippen molar-refractivity contribution in [2.75, 3.05) is 13.2 Å². The lowest BCUT2D eigenvalue weighted by molar-refractivity contribution is 0.0978. The molecular weight excluding hydrogens is 360 g/mol. The summed E-state index contributed by atoms with van der Waals surface area (Å²) in [6, 6.07) is 5.13. The Balaban J connectivity index is 2.40. The van der Waals surface area contributed by atoms with Crippen molar-refractivity contribution in [3.63, 3.8) is 0 Å². The number of halogens is 1. The second-order valence-corrected chi connectivity index (χ2v) is 6.62. The van der Waals surface area contributed by atoms with Gasteiger partial charge in [-0.25, -0.2) is 4.98 Å². The lowest BCUT2D eigenvalue weighted by Crippen LogP contribution is -2.12. The van der Waals surface area contributed by atoms with Crippen LogP contribution < -0.4 is 9.47 Å². The number of aryl methyl sites for hydroxylation is 1. The maximum Gasteiger partial charge on any atom is 0.187 e. The number of carbonyl (C=O) groups excluding carboxylic acids is 1. The molecule has 2 aromatic rings. The molecule has 0 unspecified atom stereocenters. The Morgan fingerprint density at radius 3 is 2.72 bits per heavy atom. The van der Waals surface area contributed by atoms with Crippen LogP contribution in [0.1, 0.15) is 47.2 Å². The van der Waals surface area contributed by atoms with Crippen LogP contribution in [0.15, 0.2) is 17.5 Å². The summed E-state index contributed by atoms with van der Waals surface area (Å²) in [5.41, 5.74) is 1.08. The largest absolute Gasteiger partial charge is 0.490 e. The standard InChI is InChI=1S/C18H19ClN2O3S/c1-4-6-24-17-14(19)7-12(8-15(17)23-5-2)16(22)13(9-20)18-21-11(3)10-25-18/h7-8,10,13H,4-6H2,1-3H3/t13-/m0/s1. The van der Waals surface area contributed by atoms with Crippen LogP contribution in [0.2, 0.25) is 5.02 Å². The maximum absolute atomic E-state index is 12.8. The van der Waals surface area contributed by atoms with Gasteiger partial charge in [-0.15, -0.1) is 11.3 Å².